The molecule has 0 aromatic heterocycles. The van der Waals surface area contributed by atoms with E-state index in [-0.39, 0.29) is 30.1 Å². The van der Waals surface area contributed by atoms with Gasteiger partial charge in [0.2, 0.25) is 5.91 Å². The van der Waals surface area contributed by atoms with Crippen LogP contribution < -0.4 is 5.32 Å². The Kier molecular flexibility index (Phi) is 6.89. The van der Waals surface area contributed by atoms with Crippen LogP contribution in [0.4, 0.5) is 10.1 Å². The van der Waals surface area contributed by atoms with E-state index in [0.717, 1.165) is 22.4 Å². The first-order valence-corrected chi connectivity index (χ1v) is 12.7. The minimum Gasteiger partial charge on any atom is -0.326 e. The molecule has 1 N–H and O–H groups in total. The molecule has 2 atom stereocenters. The number of hydrazone groups is 1. The van der Waals surface area contributed by atoms with Crippen molar-refractivity contribution in [3.8, 4) is 0 Å². The van der Waals surface area contributed by atoms with Crippen LogP contribution in [0.2, 0.25) is 5.02 Å². The van der Waals surface area contributed by atoms with Gasteiger partial charge in [0.25, 0.3) is 5.91 Å². The van der Waals surface area contributed by atoms with Crippen molar-refractivity contribution in [2.45, 2.75) is 31.1 Å². The number of carbonyl (C=O) groups excluding carboxylic acids is 2. The third-order valence-corrected chi connectivity index (χ3v) is 7.33. The Morgan fingerprint density at radius 1 is 1.14 bits per heavy atom. The normalized spacial score (nSPS) is 19.3. The molecule has 0 fully saturated rings. The second-order valence-electron chi connectivity index (χ2n) is 8.63. The smallest absolute Gasteiger partial charge is 0.262 e. The van der Waals surface area contributed by atoms with Crippen LogP contribution in [0.3, 0.4) is 0 Å². The zero-order valence-electron chi connectivity index (χ0n) is 19.3. The summed E-state index contributed by atoms with van der Waals surface area (Å²) in [5.74, 6) is -0.956. The molecule has 2 heterocycles. The van der Waals surface area contributed by atoms with Gasteiger partial charge in [0, 0.05) is 23.6 Å². The Balaban J connectivity index is 1.35. The Labute approximate surface area is 217 Å². The summed E-state index contributed by atoms with van der Waals surface area (Å²) in [7, 11) is 0. The molecule has 6 nitrogen and oxygen atoms in total. The van der Waals surface area contributed by atoms with E-state index in [1.54, 1.807) is 23.2 Å². The molecular weight excluding hydrogens is 499 g/mol. The van der Waals surface area contributed by atoms with E-state index in [1.165, 1.54) is 23.9 Å². The van der Waals surface area contributed by atoms with E-state index in [1.807, 2.05) is 49.4 Å². The summed E-state index contributed by atoms with van der Waals surface area (Å²) in [4.78, 5) is 29.6. The molecule has 0 saturated carbocycles. The number of hydrogen-bond acceptors (Lipinski definition) is 5. The van der Waals surface area contributed by atoms with Gasteiger partial charge in [-0.15, -0.1) is 0 Å². The molecule has 0 saturated heterocycles. The molecule has 36 heavy (non-hydrogen) atoms. The highest BCUT2D eigenvalue weighted by Gasteiger charge is 2.39. The number of carbonyl (C=O) groups is 2. The maximum Gasteiger partial charge on any atom is 0.262 e. The summed E-state index contributed by atoms with van der Waals surface area (Å²) in [6, 6.07) is 20.8. The zero-order chi connectivity index (χ0) is 25.2. The Morgan fingerprint density at radius 3 is 2.61 bits per heavy atom. The van der Waals surface area contributed by atoms with Gasteiger partial charge in [0.1, 0.15) is 11.1 Å². The van der Waals surface area contributed by atoms with Crippen molar-refractivity contribution in [2.75, 3.05) is 5.32 Å². The van der Waals surface area contributed by atoms with Crippen LogP contribution in [0.5, 0.6) is 0 Å². The number of rotatable bonds is 5. The molecule has 0 spiro atoms. The maximum absolute atomic E-state index is 13.5. The fourth-order valence-corrected chi connectivity index (χ4v) is 5.36. The largest absolute Gasteiger partial charge is 0.326 e. The molecule has 182 valence electrons. The number of nitrogens with zero attached hydrogens (tertiary/aromatic N) is 3. The molecule has 0 bridgehead atoms. The lowest BCUT2D eigenvalue weighted by Gasteiger charge is -2.23. The molecule has 2 amide bonds. The zero-order valence-corrected chi connectivity index (χ0v) is 20.9. The maximum atomic E-state index is 13.5. The van der Waals surface area contributed by atoms with Crippen LogP contribution in [0.25, 0.3) is 0 Å². The quantitative estimate of drug-likeness (QED) is 0.450. The second kappa shape index (κ2) is 10.2. The highest BCUT2D eigenvalue weighted by Crippen LogP contribution is 2.39. The molecule has 5 rings (SSSR count). The summed E-state index contributed by atoms with van der Waals surface area (Å²) in [6.45, 7) is 1.97. The Hall–Kier alpha value is -3.49. The van der Waals surface area contributed by atoms with Gasteiger partial charge in [0.05, 0.1) is 11.8 Å². The van der Waals surface area contributed by atoms with E-state index >= 15 is 0 Å². The summed E-state index contributed by atoms with van der Waals surface area (Å²) in [5, 5.41) is 9.68. The van der Waals surface area contributed by atoms with Gasteiger partial charge in [-0.05, 0) is 54.4 Å². The minimum absolute atomic E-state index is 0.00538. The number of halogens is 2. The van der Waals surface area contributed by atoms with Crippen molar-refractivity contribution < 1.29 is 14.0 Å². The average Bonchev–Trinajstić information content (AvgIpc) is 3.45. The predicted molar refractivity (Wildman–Crippen MR) is 142 cm³/mol. The van der Waals surface area contributed by atoms with Crippen LogP contribution in [-0.4, -0.2) is 33.0 Å². The fraction of sp³-hybridized carbons (Fsp3) is 0.185. The molecule has 0 unspecified atom stereocenters. The number of hydrogen-bond donors (Lipinski definition) is 1. The molecule has 2 aliphatic heterocycles. The van der Waals surface area contributed by atoms with Crippen molar-refractivity contribution >= 4 is 51.7 Å². The summed E-state index contributed by atoms with van der Waals surface area (Å²) < 4.78 is 13.5. The standard InChI is InChI=1S/C27H22ClFN4O2S/c1-16-5-11-21(12-6-16)30-25(34)15-24-26(35)31-27(36-24)33-23(18-3-2-4-19(28)13-18)14-22(32-33)17-7-9-20(29)10-8-17/h2-13,23-24H,14-15H2,1H3,(H,30,34)/t23-,24+/m1/s1. The second-order valence-corrected chi connectivity index (χ2v) is 10.2. The molecule has 0 radical (unpaired) electrons. The van der Waals surface area contributed by atoms with Crippen LogP contribution in [0, 0.1) is 12.7 Å². The SMILES string of the molecule is Cc1ccc(NC(=O)C[C@@H]2SC(N3N=C(c4ccc(F)cc4)C[C@@H]3c3cccc(Cl)c3)=NC2=O)cc1. The lowest BCUT2D eigenvalue weighted by molar-refractivity contribution is -0.121. The van der Waals surface area contributed by atoms with Gasteiger partial charge in [-0.2, -0.15) is 10.1 Å². The topological polar surface area (TPSA) is 74.1 Å². The molecule has 3 aromatic rings. The number of benzene rings is 3. The van der Waals surface area contributed by atoms with Crippen LogP contribution in [0.15, 0.2) is 82.9 Å². The van der Waals surface area contributed by atoms with Crippen molar-refractivity contribution in [1.29, 1.82) is 0 Å². The molecule has 0 aliphatic carbocycles. The van der Waals surface area contributed by atoms with Gasteiger partial charge < -0.3 is 5.32 Å². The number of amides is 2. The molecule has 9 heteroatoms. The van der Waals surface area contributed by atoms with Crippen molar-refractivity contribution in [3.05, 3.63) is 100 Å². The van der Waals surface area contributed by atoms with Crippen molar-refractivity contribution in [2.24, 2.45) is 10.1 Å². The predicted octanol–water partition coefficient (Wildman–Crippen LogP) is 5.97. The molecular formula is C27H22ClFN4O2S. The molecule has 2 aliphatic rings. The van der Waals surface area contributed by atoms with Gasteiger partial charge >= 0.3 is 0 Å². The van der Waals surface area contributed by atoms with E-state index in [0.29, 0.717) is 22.3 Å². The van der Waals surface area contributed by atoms with Crippen LogP contribution >= 0.6 is 23.4 Å². The van der Waals surface area contributed by atoms with E-state index < -0.39 is 5.25 Å². The van der Waals surface area contributed by atoms with Crippen molar-refractivity contribution in [3.63, 3.8) is 0 Å². The summed E-state index contributed by atoms with van der Waals surface area (Å²) >= 11 is 7.47. The van der Waals surface area contributed by atoms with Gasteiger partial charge in [-0.1, -0.05) is 65.3 Å². The van der Waals surface area contributed by atoms with Gasteiger partial charge in [0.15, 0.2) is 5.17 Å². The lowest BCUT2D eigenvalue weighted by atomic mass is 9.98. The number of anilines is 1. The van der Waals surface area contributed by atoms with Crippen LogP contribution in [0.1, 0.15) is 35.6 Å². The van der Waals surface area contributed by atoms with E-state index in [9.17, 15) is 14.0 Å². The average molecular weight is 521 g/mol. The van der Waals surface area contributed by atoms with Crippen molar-refractivity contribution in [1.82, 2.24) is 5.01 Å². The van der Waals surface area contributed by atoms with E-state index in [2.05, 4.69) is 10.3 Å². The first-order valence-electron chi connectivity index (χ1n) is 11.4. The number of aryl methyl sites for hydroxylation is 1. The highest BCUT2D eigenvalue weighted by atomic mass is 35.5. The van der Waals surface area contributed by atoms with E-state index in [4.69, 9.17) is 16.7 Å². The summed E-state index contributed by atoms with van der Waals surface area (Å²) in [6.07, 6.45) is 0.521. The van der Waals surface area contributed by atoms with Gasteiger partial charge in [-0.25, -0.2) is 9.40 Å². The number of nitrogens with one attached hydrogen (secondary N) is 1. The number of amidine groups is 1. The minimum atomic E-state index is -0.643. The first-order chi connectivity index (χ1) is 17.4. The lowest BCUT2D eigenvalue weighted by Crippen LogP contribution is -2.25. The van der Waals surface area contributed by atoms with Gasteiger partial charge in [-0.3, -0.25) is 9.59 Å². The number of thioether (sulfide) groups is 1. The first kappa shape index (κ1) is 24.2. The molecule has 3 aromatic carbocycles. The monoisotopic (exact) mass is 520 g/mol. The Bertz CT molecular complexity index is 1380. The highest BCUT2D eigenvalue weighted by molar-refractivity contribution is 8.15. The fourth-order valence-electron chi connectivity index (χ4n) is 4.10. The van der Waals surface area contributed by atoms with Crippen LogP contribution in [-0.2, 0) is 9.59 Å². The Morgan fingerprint density at radius 2 is 1.89 bits per heavy atom. The number of aliphatic imine (C=N–C) groups is 1. The summed E-state index contributed by atoms with van der Waals surface area (Å²) in [5.41, 5.74) is 4.22. The third-order valence-electron chi connectivity index (χ3n) is 5.95. The third kappa shape index (κ3) is 5.34.